The molecule has 0 unspecified atom stereocenters. The maximum absolute atomic E-state index is 9.20. The van der Waals surface area contributed by atoms with E-state index < -0.39 is 0 Å². The van der Waals surface area contributed by atoms with Gasteiger partial charge in [0.25, 0.3) is 0 Å². The van der Waals surface area contributed by atoms with Gasteiger partial charge in [-0.15, -0.1) is 0 Å². The third kappa shape index (κ3) is 1.26. The zero-order chi connectivity index (χ0) is 11.0. The molecule has 0 radical (unpaired) electrons. The summed E-state index contributed by atoms with van der Waals surface area (Å²) in [6.45, 7) is 0.834. The highest BCUT2D eigenvalue weighted by Gasteiger charge is 2.13. The van der Waals surface area contributed by atoms with Gasteiger partial charge in [0.2, 0.25) is 0 Å². The van der Waals surface area contributed by atoms with Crippen LogP contribution in [0.3, 0.4) is 0 Å². The minimum absolute atomic E-state index is 0.744. The molecule has 0 aliphatic carbocycles. The number of nitrogens with zero attached hydrogens (tertiary/aromatic N) is 2. The monoisotopic (exact) mass is 206 g/mol. The van der Waals surface area contributed by atoms with Gasteiger partial charge < -0.3 is 4.57 Å². The Morgan fingerprint density at radius 2 is 2.00 bits per heavy atom. The zero-order valence-electron chi connectivity index (χ0n) is 8.72. The van der Waals surface area contributed by atoms with Gasteiger partial charge in [0.1, 0.15) is 0 Å². The molecular weight excluding hydrogens is 196 g/mol. The second-order valence-corrected chi connectivity index (χ2v) is 3.89. The first-order valence-electron chi connectivity index (χ1n) is 5.24. The third-order valence-electron chi connectivity index (χ3n) is 2.93. The SMILES string of the molecule is N#CC1=Cc2cccn2Cc2ccccc21. The summed E-state index contributed by atoms with van der Waals surface area (Å²) in [6.07, 6.45) is 3.99. The zero-order valence-corrected chi connectivity index (χ0v) is 8.72. The van der Waals surface area contributed by atoms with E-state index in [0.717, 1.165) is 23.4 Å². The Kier molecular flexibility index (Phi) is 1.91. The van der Waals surface area contributed by atoms with Crippen LogP contribution in [0.4, 0.5) is 0 Å². The molecule has 76 valence electrons. The second kappa shape index (κ2) is 3.39. The number of allylic oxidation sites excluding steroid dienone is 1. The first kappa shape index (κ1) is 8.99. The molecule has 1 aromatic carbocycles. The van der Waals surface area contributed by atoms with E-state index in [1.165, 1.54) is 5.56 Å². The van der Waals surface area contributed by atoms with Gasteiger partial charge in [0, 0.05) is 18.4 Å². The van der Waals surface area contributed by atoms with Crippen LogP contribution in [0.5, 0.6) is 0 Å². The van der Waals surface area contributed by atoms with Gasteiger partial charge >= 0.3 is 0 Å². The van der Waals surface area contributed by atoms with Crippen LogP contribution in [0.2, 0.25) is 0 Å². The summed E-state index contributed by atoms with van der Waals surface area (Å²) in [5.41, 5.74) is 4.08. The Bertz CT molecular complexity index is 612. The number of benzene rings is 1. The van der Waals surface area contributed by atoms with Crippen LogP contribution in [0.25, 0.3) is 11.6 Å². The van der Waals surface area contributed by atoms with Gasteiger partial charge in [-0.05, 0) is 29.3 Å². The van der Waals surface area contributed by atoms with Gasteiger partial charge in [-0.1, -0.05) is 24.3 Å². The number of fused-ring (bicyclic) bond motifs is 2. The van der Waals surface area contributed by atoms with Crippen molar-refractivity contribution in [3.05, 3.63) is 59.4 Å². The Balaban J connectivity index is 2.29. The Morgan fingerprint density at radius 1 is 1.12 bits per heavy atom. The van der Waals surface area contributed by atoms with Crippen LogP contribution in [0, 0.1) is 11.3 Å². The first-order chi connectivity index (χ1) is 7.88. The largest absolute Gasteiger partial charge is 0.343 e. The van der Waals surface area contributed by atoms with Gasteiger partial charge in [-0.3, -0.25) is 0 Å². The van der Waals surface area contributed by atoms with E-state index in [1.807, 2.05) is 42.6 Å². The average Bonchev–Trinajstić information content (AvgIpc) is 2.68. The molecule has 0 atom stereocenters. The number of hydrogen-bond acceptors (Lipinski definition) is 1. The maximum atomic E-state index is 9.20. The number of nitriles is 1. The first-order valence-corrected chi connectivity index (χ1v) is 5.24. The molecule has 0 saturated heterocycles. The van der Waals surface area contributed by atoms with Crippen molar-refractivity contribution < 1.29 is 0 Å². The van der Waals surface area contributed by atoms with Crippen molar-refractivity contribution in [1.29, 1.82) is 5.26 Å². The normalized spacial score (nSPS) is 13.1. The summed E-state index contributed by atoms with van der Waals surface area (Å²) < 4.78 is 2.16. The van der Waals surface area contributed by atoms with Crippen molar-refractivity contribution in [1.82, 2.24) is 4.57 Å². The molecule has 16 heavy (non-hydrogen) atoms. The average molecular weight is 206 g/mol. The maximum Gasteiger partial charge on any atom is 0.0998 e. The molecule has 1 aliphatic heterocycles. The fourth-order valence-electron chi connectivity index (χ4n) is 2.12. The van der Waals surface area contributed by atoms with Crippen LogP contribution in [0.15, 0.2) is 42.6 Å². The number of hydrogen-bond donors (Lipinski definition) is 0. The van der Waals surface area contributed by atoms with Crippen molar-refractivity contribution >= 4 is 11.6 Å². The lowest BCUT2D eigenvalue weighted by Crippen LogP contribution is -1.99. The molecule has 2 aromatic rings. The molecule has 3 rings (SSSR count). The van der Waals surface area contributed by atoms with E-state index in [-0.39, 0.29) is 0 Å². The minimum Gasteiger partial charge on any atom is -0.343 e. The van der Waals surface area contributed by atoms with Crippen molar-refractivity contribution in [2.24, 2.45) is 0 Å². The van der Waals surface area contributed by atoms with E-state index in [4.69, 9.17) is 0 Å². The Morgan fingerprint density at radius 3 is 2.88 bits per heavy atom. The molecule has 0 fully saturated rings. The Hall–Kier alpha value is -2.27. The van der Waals surface area contributed by atoms with Crippen molar-refractivity contribution in [3.8, 4) is 6.07 Å². The van der Waals surface area contributed by atoms with Gasteiger partial charge in [-0.2, -0.15) is 5.26 Å². The highest BCUT2D eigenvalue weighted by atomic mass is 15.0. The summed E-state index contributed by atoms with van der Waals surface area (Å²) in [5.74, 6) is 0. The van der Waals surface area contributed by atoms with E-state index in [0.29, 0.717) is 0 Å². The lowest BCUT2D eigenvalue weighted by Gasteiger charge is -2.06. The van der Waals surface area contributed by atoms with E-state index >= 15 is 0 Å². The van der Waals surface area contributed by atoms with Crippen molar-refractivity contribution in [3.63, 3.8) is 0 Å². The molecule has 2 heterocycles. The number of rotatable bonds is 0. The van der Waals surface area contributed by atoms with Gasteiger partial charge in [0.05, 0.1) is 11.6 Å². The summed E-state index contributed by atoms with van der Waals surface area (Å²) in [6, 6.07) is 14.4. The van der Waals surface area contributed by atoms with E-state index in [2.05, 4.69) is 16.7 Å². The van der Waals surface area contributed by atoms with Gasteiger partial charge in [-0.25, -0.2) is 0 Å². The van der Waals surface area contributed by atoms with Crippen LogP contribution >= 0.6 is 0 Å². The fraction of sp³-hybridized carbons (Fsp3) is 0.0714. The topological polar surface area (TPSA) is 28.7 Å². The van der Waals surface area contributed by atoms with Crippen LogP contribution in [-0.4, -0.2) is 4.57 Å². The van der Waals surface area contributed by atoms with E-state index in [1.54, 1.807) is 0 Å². The summed E-state index contributed by atoms with van der Waals surface area (Å²) in [7, 11) is 0. The molecule has 0 amide bonds. The molecule has 1 aliphatic rings. The van der Waals surface area contributed by atoms with Crippen molar-refractivity contribution in [2.75, 3.05) is 0 Å². The molecular formula is C14H10N2. The molecule has 0 saturated carbocycles. The molecule has 0 spiro atoms. The molecule has 0 bridgehead atoms. The lowest BCUT2D eigenvalue weighted by molar-refractivity contribution is 0.799. The summed E-state index contributed by atoms with van der Waals surface area (Å²) >= 11 is 0. The molecule has 2 heteroatoms. The molecule has 2 nitrogen and oxygen atoms in total. The van der Waals surface area contributed by atoms with Gasteiger partial charge in [0.15, 0.2) is 0 Å². The minimum atomic E-state index is 0.744. The van der Waals surface area contributed by atoms with Crippen molar-refractivity contribution in [2.45, 2.75) is 6.54 Å². The highest BCUT2D eigenvalue weighted by molar-refractivity contribution is 5.90. The lowest BCUT2D eigenvalue weighted by atomic mass is 10.0. The second-order valence-electron chi connectivity index (χ2n) is 3.89. The quantitative estimate of drug-likeness (QED) is 0.651. The van der Waals surface area contributed by atoms with Crippen LogP contribution in [-0.2, 0) is 6.54 Å². The van der Waals surface area contributed by atoms with Crippen LogP contribution in [0.1, 0.15) is 16.8 Å². The molecule has 1 aromatic heterocycles. The Labute approximate surface area is 94.1 Å². The van der Waals surface area contributed by atoms with Crippen LogP contribution < -0.4 is 0 Å². The standard InChI is InChI=1S/C14H10N2/c15-9-12-8-13-5-3-7-16(13)10-11-4-1-2-6-14(11)12/h1-8H,10H2. The molecule has 0 N–H and O–H groups in total. The third-order valence-corrected chi connectivity index (χ3v) is 2.93. The smallest absolute Gasteiger partial charge is 0.0998 e. The highest BCUT2D eigenvalue weighted by Crippen LogP contribution is 2.26. The summed E-state index contributed by atoms with van der Waals surface area (Å²) in [5, 5.41) is 9.20. The predicted octanol–water partition coefficient (Wildman–Crippen LogP) is 2.91. The predicted molar refractivity (Wildman–Crippen MR) is 63.5 cm³/mol. The van der Waals surface area contributed by atoms with E-state index in [9.17, 15) is 5.26 Å². The fourth-order valence-corrected chi connectivity index (χ4v) is 2.12. The summed E-state index contributed by atoms with van der Waals surface area (Å²) in [4.78, 5) is 0. The number of aromatic nitrogens is 1.